The van der Waals surface area contributed by atoms with E-state index < -0.39 is 11.8 Å². The monoisotopic (exact) mass is 592 g/mol. The van der Waals surface area contributed by atoms with Gasteiger partial charge in [0.2, 0.25) is 0 Å². The minimum absolute atomic E-state index is 0.0134. The lowest BCUT2D eigenvalue weighted by atomic mass is 10.1. The molecule has 6 rings (SSSR count). The van der Waals surface area contributed by atoms with Gasteiger partial charge in [-0.1, -0.05) is 17.7 Å². The highest BCUT2D eigenvalue weighted by atomic mass is 35.5. The van der Waals surface area contributed by atoms with Crippen LogP contribution >= 0.6 is 11.6 Å². The summed E-state index contributed by atoms with van der Waals surface area (Å²) >= 11 is 5.82. The Labute approximate surface area is 246 Å². The molecule has 0 radical (unpaired) electrons. The van der Waals surface area contributed by atoms with Crippen LogP contribution in [0.15, 0.2) is 55.2 Å². The first-order valence-electron chi connectivity index (χ1n) is 13.8. The number of halogens is 2. The molecule has 0 spiro atoms. The molecule has 0 saturated carbocycles. The Bertz CT molecular complexity index is 1720. The third-order valence-electron chi connectivity index (χ3n) is 7.69. The first-order chi connectivity index (χ1) is 20.4. The van der Waals surface area contributed by atoms with Crippen LogP contribution in [-0.4, -0.2) is 62.9 Å². The second-order valence-electron chi connectivity index (χ2n) is 10.3. The van der Waals surface area contributed by atoms with Crippen molar-refractivity contribution in [2.45, 2.75) is 52.0 Å². The van der Waals surface area contributed by atoms with Crippen LogP contribution in [-0.2, 0) is 26.2 Å². The van der Waals surface area contributed by atoms with Crippen molar-refractivity contribution in [1.82, 2.24) is 38.8 Å². The van der Waals surface area contributed by atoms with Gasteiger partial charge in [-0.2, -0.15) is 4.98 Å². The molecule has 0 unspecified atom stereocenters. The lowest BCUT2D eigenvalue weighted by molar-refractivity contribution is 0.0697. The number of carboxylic acids is 1. The average Bonchev–Trinajstić information content (AvgIpc) is 3.72. The lowest BCUT2D eigenvalue weighted by Gasteiger charge is -2.31. The second-order valence-corrected chi connectivity index (χ2v) is 10.8. The zero-order valence-electron chi connectivity index (χ0n) is 23.0. The molecule has 2 aromatic carbocycles. The number of hydrogen-bond donors (Lipinski definition) is 1. The number of rotatable bonds is 10. The molecule has 1 aliphatic rings. The fourth-order valence-electron chi connectivity index (χ4n) is 5.35. The molecule has 4 heterocycles. The fraction of sp³-hybridized carbons (Fsp3) is 0.345. The van der Waals surface area contributed by atoms with Crippen LogP contribution in [0.2, 0.25) is 5.02 Å². The molecule has 0 bridgehead atoms. The van der Waals surface area contributed by atoms with E-state index in [-0.39, 0.29) is 24.2 Å². The van der Waals surface area contributed by atoms with Crippen molar-refractivity contribution in [2.24, 2.45) is 0 Å². The molecule has 3 aromatic heterocycles. The van der Waals surface area contributed by atoms with Crippen molar-refractivity contribution in [2.75, 3.05) is 13.1 Å². The second kappa shape index (κ2) is 11.9. The zero-order valence-corrected chi connectivity index (χ0v) is 23.8. The van der Waals surface area contributed by atoms with Gasteiger partial charge in [-0.3, -0.25) is 4.90 Å². The molecule has 0 aliphatic carbocycles. The Hall–Kier alpha value is -4.29. The topological polar surface area (TPSA) is 116 Å². The van der Waals surface area contributed by atoms with Gasteiger partial charge in [0.25, 0.3) is 0 Å². The zero-order chi connectivity index (χ0) is 29.2. The Morgan fingerprint density at radius 1 is 1.14 bits per heavy atom. The Balaban J connectivity index is 1.13. The number of ether oxygens (including phenoxy) is 1. The summed E-state index contributed by atoms with van der Waals surface area (Å²) in [5.74, 6) is -0.521. The van der Waals surface area contributed by atoms with Gasteiger partial charge < -0.3 is 19.0 Å². The molecule has 42 heavy (non-hydrogen) atoms. The van der Waals surface area contributed by atoms with Gasteiger partial charge in [0.1, 0.15) is 24.6 Å². The molecule has 1 N–H and O–H groups in total. The molecule has 13 heteroatoms. The summed E-state index contributed by atoms with van der Waals surface area (Å²) in [7, 11) is 0. The predicted molar refractivity (Wildman–Crippen MR) is 153 cm³/mol. The summed E-state index contributed by atoms with van der Waals surface area (Å²) in [6, 6.07) is 9.88. The molecule has 1 fully saturated rings. The van der Waals surface area contributed by atoms with Gasteiger partial charge in [0.15, 0.2) is 0 Å². The maximum Gasteiger partial charge on any atom is 0.335 e. The summed E-state index contributed by atoms with van der Waals surface area (Å²) < 4.78 is 25.7. The summed E-state index contributed by atoms with van der Waals surface area (Å²) in [5, 5.41) is 14.4. The molecule has 218 valence electrons. The number of aromatic carboxylic acids is 1. The first kappa shape index (κ1) is 27.9. The molecular formula is C29H30ClFN8O3. The van der Waals surface area contributed by atoms with Gasteiger partial charge in [-0.15, -0.1) is 5.10 Å². The minimum Gasteiger partial charge on any atom is -0.478 e. The Morgan fingerprint density at radius 2 is 1.98 bits per heavy atom. The number of carbonyl (C=O) groups is 1. The highest BCUT2D eigenvalue weighted by molar-refractivity contribution is 6.30. The van der Waals surface area contributed by atoms with Crippen molar-refractivity contribution in [3.63, 3.8) is 0 Å². The van der Waals surface area contributed by atoms with Crippen LogP contribution in [0, 0.1) is 5.82 Å². The SMILES string of the molecule is CCn1cncc1Cn1c(CN2CCC(n3cnc(OCc4ccc(Cl)cc4F)n3)CC2)nc2ccc(C(=O)O)cc21. The van der Waals surface area contributed by atoms with Crippen molar-refractivity contribution >= 4 is 28.6 Å². The standard InChI is InChI=1S/C29H30ClFN8O3/c1-2-37-17-32-13-23(37)14-38-26-11-19(28(40)41)4-6-25(26)34-27(38)15-36-9-7-22(8-10-36)39-18-33-29(35-39)42-16-20-3-5-21(30)12-24(20)31/h3-6,11-13,17-18,22H,2,7-10,14-16H2,1H3,(H,40,41). The first-order valence-corrected chi connectivity index (χ1v) is 14.2. The van der Waals surface area contributed by atoms with Crippen LogP contribution < -0.4 is 4.74 Å². The van der Waals surface area contributed by atoms with Gasteiger partial charge in [0.05, 0.1) is 47.7 Å². The predicted octanol–water partition coefficient (Wildman–Crippen LogP) is 4.80. The van der Waals surface area contributed by atoms with E-state index in [1.165, 1.54) is 6.07 Å². The average molecular weight is 593 g/mol. The number of likely N-dealkylation sites (tertiary alicyclic amines) is 1. The number of carboxylic acid groups (broad SMARTS) is 1. The number of nitrogens with zero attached hydrogens (tertiary/aromatic N) is 8. The quantitative estimate of drug-likeness (QED) is 0.246. The molecular weight excluding hydrogens is 563 g/mol. The normalized spacial score (nSPS) is 14.5. The van der Waals surface area contributed by atoms with Crippen molar-refractivity contribution in [1.29, 1.82) is 0 Å². The van der Waals surface area contributed by atoms with E-state index in [1.807, 2.05) is 10.9 Å². The lowest BCUT2D eigenvalue weighted by Crippen LogP contribution is -2.35. The number of piperidine rings is 1. The summed E-state index contributed by atoms with van der Waals surface area (Å²) in [6.45, 7) is 5.69. The van der Waals surface area contributed by atoms with Crippen LogP contribution in [0.3, 0.4) is 0 Å². The fourth-order valence-corrected chi connectivity index (χ4v) is 5.51. The number of benzene rings is 2. The van der Waals surface area contributed by atoms with E-state index in [9.17, 15) is 14.3 Å². The van der Waals surface area contributed by atoms with Crippen LogP contribution in [0.5, 0.6) is 6.01 Å². The minimum atomic E-state index is -0.967. The van der Waals surface area contributed by atoms with Gasteiger partial charge >= 0.3 is 12.0 Å². The summed E-state index contributed by atoms with van der Waals surface area (Å²) in [4.78, 5) is 27.5. The molecule has 1 aliphatic heterocycles. The Morgan fingerprint density at radius 3 is 2.74 bits per heavy atom. The van der Waals surface area contributed by atoms with Crippen molar-refractivity contribution in [3.05, 3.63) is 88.7 Å². The molecule has 11 nitrogen and oxygen atoms in total. The third-order valence-corrected chi connectivity index (χ3v) is 7.92. The highest BCUT2D eigenvalue weighted by Crippen LogP contribution is 2.26. The van der Waals surface area contributed by atoms with E-state index in [4.69, 9.17) is 21.3 Å². The maximum atomic E-state index is 14.1. The van der Waals surface area contributed by atoms with E-state index in [0.29, 0.717) is 23.7 Å². The van der Waals surface area contributed by atoms with Crippen molar-refractivity contribution in [3.8, 4) is 6.01 Å². The summed E-state index contributed by atoms with van der Waals surface area (Å²) in [5.41, 5.74) is 3.20. The summed E-state index contributed by atoms with van der Waals surface area (Å²) in [6.07, 6.45) is 7.03. The number of imidazole rings is 2. The smallest absolute Gasteiger partial charge is 0.335 e. The van der Waals surface area contributed by atoms with Gasteiger partial charge in [-0.05, 0) is 50.1 Å². The van der Waals surface area contributed by atoms with E-state index >= 15 is 0 Å². The third kappa shape index (κ3) is 5.86. The van der Waals surface area contributed by atoms with E-state index in [1.54, 1.807) is 43.0 Å². The van der Waals surface area contributed by atoms with Crippen molar-refractivity contribution < 1.29 is 19.0 Å². The maximum absolute atomic E-state index is 14.1. The Kier molecular flexibility index (Phi) is 7.90. The molecule has 1 saturated heterocycles. The van der Waals surface area contributed by atoms with Gasteiger partial charge in [-0.25, -0.2) is 23.8 Å². The molecule has 0 amide bonds. The van der Waals surface area contributed by atoms with Crippen LogP contribution in [0.1, 0.15) is 53.2 Å². The van der Waals surface area contributed by atoms with E-state index in [2.05, 4.69) is 36.0 Å². The molecule has 5 aromatic rings. The number of aromatic nitrogens is 7. The largest absolute Gasteiger partial charge is 0.478 e. The molecule has 0 atom stereocenters. The number of fused-ring (bicyclic) bond motifs is 1. The highest BCUT2D eigenvalue weighted by Gasteiger charge is 2.24. The van der Waals surface area contributed by atoms with Crippen LogP contribution in [0.25, 0.3) is 11.0 Å². The van der Waals surface area contributed by atoms with Gasteiger partial charge in [0, 0.05) is 36.4 Å². The van der Waals surface area contributed by atoms with Crippen LogP contribution in [0.4, 0.5) is 4.39 Å². The van der Waals surface area contributed by atoms with E-state index in [0.717, 1.165) is 55.0 Å². The number of aryl methyl sites for hydroxylation is 1. The number of hydrogen-bond acceptors (Lipinski definition) is 7.